The van der Waals surface area contributed by atoms with Crippen LogP contribution >= 0.6 is 0 Å². The van der Waals surface area contributed by atoms with Gasteiger partial charge in [0.2, 0.25) is 11.8 Å². The van der Waals surface area contributed by atoms with Gasteiger partial charge in [0, 0.05) is 19.9 Å². The summed E-state index contributed by atoms with van der Waals surface area (Å²) in [5.74, 6) is -0.948. The minimum atomic E-state index is -0.662. The largest absolute Gasteiger partial charge is 0.464 e. The highest BCUT2D eigenvalue weighted by atomic mass is 16.5. The van der Waals surface area contributed by atoms with E-state index in [1.54, 1.807) is 13.8 Å². The zero-order valence-electron chi connectivity index (χ0n) is 9.83. The van der Waals surface area contributed by atoms with E-state index in [1.165, 1.54) is 6.92 Å². The van der Waals surface area contributed by atoms with Gasteiger partial charge in [-0.05, 0) is 13.8 Å². The molecule has 0 bridgehead atoms. The van der Waals surface area contributed by atoms with Crippen molar-refractivity contribution in [1.82, 2.24) is 10.6 Å². The van der Waals surface area contributed by atoms with Crippen LogP contribution in [0.25, 0.3) is 0 Å². The molecule has 6 nitrogen and oxygen atoms in total. The van der Waals surface area contributed by atoms with E-state index < -0.39 is 12.0 Å². The summed E-state index contributed by atoms with van der Waals surface area (Å²) in [5, 5.41) is 4.96. The van der Waals surface area contributed by atoms with E-state index >= 15 is 0 Å². The fraction of sp³-hybridized carbons (Fsp3) is 0.700. The first-order valence-electron chi connectivity index (χ1n) is 5.17. The first-order chi connectivity index (χ1) is 7.47. The van der Waals surface area contributed by atoms with Crippen molar-refractivity contribution in [2.45, 2.75) is 33.2 Å². The van der Waals surface area contributed by atoms with Gasteiger partial charge in [-0.15, -0.1) is 0 Å². The lowest BCUT2D eigenvalue weighted by Crippen LogP contribution is -2.40. The molecule has 2 amide bonds. The van der Waals surface area contributed by atoms with Gasteiger partial charge >= 0.3 is 5.97 Å². The van der Waals surface area contributed by atoms with Crippen LogP contribution in [-0.2, 0) is 19.1 Å². The van der Waals surface area contributed by atoms with Crippen LogP contribution in [0.2, 0.25) is 0 Å². The van der Waals surface area contributed by atoms with Crippen LogP contribution in [0.3, 0.4) is 0 Å². The number of esters is 1. The molecule has 0 fully saturated rings. The first kappa shape index (κ1) is 14.4. The smallest absolute Gasteiger partial charge is 0.328 e. The van der Waals surface area contributed by atoms with Gasteiger partial charge in [-0.2, -0.15) is 0 Å². The monoisotopic (exact) mass is 230 g/mol. The van der Waals surface area contributed by atoms with Gasteiger partial charge in [0.15, 0.2) is 0 Å². The molecule has 1 unspecified atom stereocenters. The molecule has 16 heavy (non-hydrogen) atoms. The molecular formula is C10H18N2O4. The van der Waals surface area contributed by atoms with Gasteiger partial charge in [0.25, 0.3) is 0 Å². The Hall–Kier alpha value is -1.59. The van der Waals surface area contributed by atoms with Crippen LogP contribution in [0, 0.1) is 0 Å². The minimum absolute atomic E-state index is 0.142. The molecule has 0 radical (unpaired) electrons. The van der Waals surface area contributed by atoms with E-state index in [4.69, 9.17) is 4.74 Å². The molecule has 0 aliphatic rings. The quantitative estimate of drug-likeness (QED) is 0.607. The fourth-order valence-corrected chi connectivity index (χ4v) is 0.992. The Bertz CT molecular complexity index is 266. The van der Waals surface area contributed by atoms with Crippen LogP contribution in [0.15, 0.2) is 0 Å². The standard InChI is InChI=1S/C10H18N2O4/c1-4-16-10(15)7(2)12-9(14)5-6-11-8(3)13/h7H,4-6H2,1-3H3,(H,11,13)(H,12,14). The molecule has 6 heteroatoms. The first-order valence-corrected chi connectivity index (χ1v) is 5.17. The molecule has 0 aliphatic carbocycles. The summed E-state index contributed by atoms with van der Waals surface area (Å²) >= 11 is 0. The molecule has 92 valence electrons. The van der Waals surface area contributed by atoms with Crippen molar-refractivity contribution in [2.75, 3.05) is 13.2 Å². The Morgan fingerprint density at radius 1 is 1.31 bits per heavy atom. The van der Waals surface area contributed by atoms with Gasteiger partial charge < -0.3 is 15.4 Å². The van der Waals surface area contributed by atoms with Crippen molar-refractivity contribution in [3.63, 3.8) is 0 Å². The van der Waals surface area contributed by atoms with Crippen molar-refractivity contribution < 1.29 is 19.1 Å². The van der Waals surface area contributed by atoms with Crippen molar-refractivity contribution in [3.8, 4) is 0 Å². The third-order valence-electron chi connectivity index (χ3n) is 1.74. The second kappa shape index (κ2) is 7.67. The Morgan fingerprint density at radius 3 is 2.44 bits per heavy atom. The molecule has 0 aromatic heterocycles. The van der Waals surface area contributed by atoms with Gasteiger partial charge in [-0.1, -0.05) is 0 Å². The van der Waals surface area contributed by atoms with E-state index in [-0.39, 0.29) is 31.4 Å². The Kier molecular flexibility index (Phi) is 6.91. The van der Waals surface area contributed by atoms with Crippen molar-refractivity contribution in [2.24, 2.45) is 0 Å². The van der Waals surface area contributed by atoms with Crippen molar-refractivity contribution in [1.29, 1.82) is 0 Å². The summed E-state index contributed by atoms with van der Waals surface area (Å²) in [6.07, 6.45) is 0.142. The van der Waals surface area contributed by atoms with E-state index in [9.17, 15) is 14.4 Å². The zero-order valence-corrected chi connectivity index (χ0v) is 9.83. The SMILES string of the molecule is CCOC(=O)C(C)NC(=O)CCNC(C)=O. The molecule has 2 N–H and O–H groups in total. The van der Waals surface area contributed by atoms with E-state index in [0.29, 0.717) is 0 Å². The predicted octanol–water partition coefficient (Wildman–Crippen LogP) is -0.420. The maximum Gasteiger partial charge on any atom is 0.328 e. The molecule has 0 saturated heterocycles. The maximum absolute atomic E-state index is 11.3. The van der Waals surface area contributed by atoms with Crippen molar-refractivity contribution in [3.05, 3.63) is 0 Å². The maximum atomic E-state index is 11.3. The molecule has 0 heterocycles. The minimum Gasteiger partial charge on any atom is -0.464 e. The molecule has 0 aromatic carbocycles. The third kappa shape index (κ3) is 6.80. The molecule has 0 rings (SSSR count). The number of nitrogens with one attached hydrogen (secondary N) is 2. The zero-order chi connectivity index (χ0) is 12.6. The van der Waals surface area contributed by atoms with Crippen LogP contribution in [0.1, 0.15) is 27.2 Å². The number of carbonyl (C=O) groups excluding carboxylic acids is 3. The van der Waals surface area contributed by atoms with E-state index in [2.05, 4.69) is 10.6 Å². The average Bonchev–Trinajstić information content (AvgIpc) is 2.17. The van der Waals surface area contributed by atoms with E-state index in [1.807, 2.05) is 0 Å². The van der Waals surface area contributed by atoms with E-state index in [0.717, 1.165) is 0 Å². The summed E-state index contributed by atoms with van der Waals surface area (Å²) in [4.78, 5) is 33.0. The topological polar surface area (TPSA) is 84.5 Å². The highest BCUT2D eigenvalue weighted by Gasteiger charge is 2.15. The Labute approximate surface area is 94.7 Å². The van der Waals surface area contributed by atoms with Crippen LogP contribution < -0.4 is 10.6 Å². The molecule has 0 aromatic rings. The summed E-state index contributed by atoms with van der Waals surface area (Å²) in [6, 6.07) is -0.662. The number of ether oxygens (including phenoxy) is 1. The molecule has 0 spiro atoms. The lowest BCUT2D eigenvalue weighted by atomic mass is 10.3. The Balaban J connectivity index is 3.77. The number of amides is 2. The van der Waals surface area contributed by atoms with Crippen LogP contribution in [-0.4, -0.2) is 37.0 Å². The normalized spacial score (nSPS) is 11.4. The summed E-state index contributed by atoms with van der Waals surface area (Å²) in [7, 11) is 0. The third-order valence-corrected chi connectivity index (χ3v) is 1.74. The lowest BCUT2D eigenvalue weighted by Gasteiger charge is -2.12. The van der Waals surface area contributed by atoms with Crippen LogP contribution in [0.4, 0.5) is 0 Å². The van der Waals surface area contributed by atoms with Gasteiger partial charge in [-0.25, -0.2) is 4.79 Å². The number of hydrogen-bond acceptors (Lipinski definition) is 4. The second-order valence-electron chi connectivity index (χ2n) is 3.27. The summed E-state index contributed by atoms with van der Waals surface area (Å²) < 4.78 is 4.72. The van der Waals surface area contributed by atoms with Gasteiger partial charge in [-0.3, -0.25) is 9.59 Å². The molecular weight excluding hydrogens is 212 g/mol. The van der Waals surface area contributed by atoms with Crippen LogP contribution in [0.5, 0.6) is 0 Å². The van der Waals surface area contributed by atoms with Crippen molar-refractivity contribution >= 4 is 17.8 Å². The van der Waals surface area contributed by atoms with Gasteiger partial charge in [0.1, 0.15) is 6.04 Å². The second-order valence-corrected chi connectivity index (χ2v) is 3.27. The highest BCUT2D eigenvalue weighted by molar-refractivity contribution is 5.84. The summed E-state index contributed by atoms with van der Waals surface area (Å²) in [5.41, 5.74) is 0. The number of rotatable bonds is 6. The average molecular weight is 230 g/mol. The lowest BCUT2D eigenvalue weighted by molar-refractivity contribution is -0.146. The molecule has 0 saturated carbocycles. The Morgan fingerprint density at radius 2 is 1.94 bits per heavy atom. The molecule has 1 atom stereocenters. The number of carbonyl (C=O) groups is 3. The summed E-state index contributed by atoms with van der Waals surface area (Å²) in [6.45, 7) is 5.16. The number of hydrogen-bond donors (Lipinski definition) is 2. The highest BCUT2D eigenvalue weighted by Crippen LogP contribution is 1.89. The van der Waals surface area contributed by atoms with Gasteiger partial charge in [0.05, 0.1) is 6.61 Å². The predicted molar refractivity (Wildman–Crippen MR) is 57.5 cm³/mol. The fourth-order valence-electron chi connectivity index (χ4n) is 0.992. The molecule has 0 aliphatic heterocycles.